The van der Waals surface area contributed by atoms with E-state index in [1.54, 1.807) is 11.0 Å². The van der Waals surface area contributed by atoms with Gasteiger partial charge in [-0.3, -0.25) is 0 Å². The van der Waals surface area contributed by atoms with Gasteiger partial charge >= 0.3 is 12.0 Å². The molecule has 1 aromatic carbocycles. The standard InChI is InChI=1S/C14H17BrN2O3/c1-9-3-2-6-17(8-9)14(20)16-12-5-4-10(13(18)19)7-11(12)15/h4-5,7,9H,2-3,6,8H2,1H3,(H,16,20)(H,18,19). The highest BCUT2D eigenvalue weighted by Gasteiger charge is 2.21. The minimum atomic E-state index is -0.992. The van der Waals surface area contributed by atoms with E-state index in [2.05, 4.69) is 28.2 Å². The van der Waals surface area contributed by atoms with Gasteiger partial charge in [-0.2, -0.15) is 0 Å². The summed E-state index contributed by atoms with van der Waals surface area (Å²) in [5, 5.41) is 11.7. The van der Waals surface area contributed by atoms with E-state index < -0.39 is 5.97 Å². The van der Waals surface area contributed by atoms with Gasteiger partial charge in [0, 0.05) is 17.6 Å². The zero-order valence-corrected chi connectivity index (χ0v) is 12.8. The highest BCUT2D eigenvalue weighted by Crippen LogP contribution is 2.25. The van der Waals surface area contributed by atoms with E-state index >= 15 is 0 Å². The third-order valence-electron chi connectivity index (χ3n) is 3.40. The molecule has 108 valence electrons. The van der Waals surface area contributed by atoms with Crippen molar-refractivity contribution in [1.82, 2.24) is 4.90 Å². The fraction of sp³-hybridized carbons (Fsp3) is 0.429. The van der Waals surface area contributed by atoms with Crippen LogP contribution in [0.15, 0.2) is 22.7 Å². The summed E-state index contributed by atoms with van der Waals surface area (Å²) in [5.74, 6) is -0.472. The van der Waals surface area contributed by atoms with Crippen LogP contribution in [-0.4, -0.2) is 35.1 Å². The lowest BCUT2D eigenvalue weighted by Gasteiger charge is -2.31. The quantitative estimate of drug-likeness (QED) is 0.866. The highest BCUT2D eigenvalue weighted by molar-refractivity contribution is 9.10. The van der Waals surface area contributed by atoms with Crippen LogP contribution in [0.4, 0.5) is 10.5 Å². The van der Waals surface area contributed by atoms with E-state index in [-0.39, 0.29) is 11.6 Å². The van der Waals surface area contributed by atoms with Crippen molar-refractivity contribution >= 4 is 33.6 Å². The number of anilines is 1. The second-order valence-electron chi connectivity index (χ2n) is 5.12. The normalized spacial score (nSPS) is 18.7. The summed E-state index contributed by atoms with van der Waals surface area (Å²) in [4.78, 5) is 24.8. The first-order valence-electron chi connectivity index (χ1n) is 6.56. The lowest BCUT2D eigenvalue weighted by molar-refractivity contribution is 0.0697. The van der Waals surface area contributed by atoms with Gasteiger partial charge in [-0.05, 0) is 52.9 Å². The van der Waals surface area contributed by atoms with E-state index in [1.165, 1.54) is 12.1 Å². The van der Waals surface area contributed by atoms with Gasteiger partial charge in [-0.25, -0.2) is 9.59 Å². The zero-order chi connectivity index (χ0) is 14.7. The number of nitrogens with one attached hydrogen (secondary N) is 1. The average Bonchev–Trinajstić information content (AvgIpc) is 2.40. The molecule has 0 spiro atoms. The largest absolute Gasteiger partial charge is 0.478 e. The number of carboxylic acid groups (broad SMARTS) is 1. The molecule has 0 aliphatic carbocycles. The molecular weight excluding hydrogens is 324 g/mol. The van der Waals surface area contributed by atoms with Crippen LogP contribution in [0.5, 0.6) is 0 Å². The molecule has 2 rings (SSSR count). The predicted octanol–water partition coefficient (Wildman–Crippen LogP) is 3.41. The number of carbonyl (C=O) groups excluding carboxylic acids is 1. The molecular formula is C14H17BrN2O3. The van der Waals surface area contributed by atoms with Crippen LogP contribution in [0.25, 0.3) is 0 Å². The van der Waals surface area contributed by atoms with Gasteiger partial charge in [0.25, 0.3) is 0 Å². The number of carboxylic acids is 1. The van der Waals surface area contributed by atoms with Gasteiger partial charge in [0.2, 0.25) is 0 Å². The first-order valence-corrected chi connectivity index (χ1v) is 7.35. The van der Waals surface area contributed by atoms with Gasteiger partial charge in [0.1, 0.15) is 0 Å². The monoisotopic (exact) mass is 340 g/mol. The van der Waals surface area contributed by atoms with E-state index in [4.69, 9.17) is 5.11 Å². The molecule has 2 N–H and O–H groups in total. The smallest absolute Gasteiger partial charge is 0.335 e. The van der Waals surface area contributed by atoms with Crippen LogP contribution in [-0.2, 0) is 0 Å². The summed E-state index contributed by atoms with van der Waals surface area (Å²) in [5.41, 5.74) is 0.764. The number of piperidine rings is 1. The van der Waals surface area contributed by atoms with Crippen LogP contribution in [0.2, 0.25) is 0 Å². The second kappa shape index (κ2) is 6.26. The molecule has 20 heavy (non-hydrogen) atoms. The Balaban J connectivity index is 2.06. The molecule has 1 heterocycles. The van der Waals surface area contributed by atoms with E-state index in [0.717, 1.165) is 25.9 Å². The second-order valence-corrected chi connectivity index (χ2v) is 5.98. The fourth-order valence-corrected chi connectivity index (χ4v) is 2.80. The van der Waals surface area contributed by atoms with Gasteiger partial charge in [-0.15, -0.1) is 0 Å². The Hall–Kier alpha value is -1.56. The van der Waals surface area contributed by atoms with Crippen molar-refractivity contribution in [3.8, 4) is 0 Å². The Kier molecular flexibility index (Phi) is 4.65. The summed E-state index contributed by atoms with van der Waals surface area (Å²) in [6.07, 6.45) is 2.18. The number of amides is 2. The first-order chi connectivity index (χ1) is 9.47. The summed E-state index contributed by atoms with van der Waals surface area (Å²) >= 11 is 3.28. The number of likely N-dealkylation sites (tertiary alicyclic amines) is 1. The van der Waals surface area contributed by atoms with Crippen molar-refractivity contribution in [1.29, 1.82) is 0 Å². The first kappa shape index (κ1) is 14.8. The van der Waals surface area contributed by atoms with Crippen LogP contribution < -0.4 is 5.32 Å². The van der Waals surface area contributed by atoms with Crippen LogP contribution in [0, 0.1) is 5.92 Å². The number of rotatable bonds is 2. The van der Waals surface area contributed by atoms with Crippen molar-refractivity contribution in [2.75, 3.05) is 18.4 Å². The Morgan fingerprint density at radius 3 is 2.80 bits per heavy atom. The molecule has 1 aliphatic heterocycles. The highest BCUT2D eigenvalue weighted by atomic mass is 79.9. The molecule has 0 saturated carbocycles. The topological polar surface area (TPSA) is 69.6 Å². The maximum atomic E-state index is 12.2. The van der Waals surface area contributed by atoms with Crippen molar-refractivity contribution < 1.29 is 14.7 Å². The number of nitrogens with zero attached hydrogens (tertiary/aromatic N) is 1. The predicted molar refractivity (Wildman–Crippen MR) is 80.1 cm³/mol. The average molecular weight is 341 g/mol. The zero-order valence-electron chi connectivity index (χ0n) is 11.2. The van der Waals surface area contributed by atoms with E-state index in [9.17, 15) is 9.59 Å². The van der Waals surface area contributed by atoms with Crippen LogP contribution in [0.1, 0.15) is 30.1 Å². The third-order valence-corrected chi connectivity index (χ3v) is 4.06. The molecule has 2 amide bonds. The number of benzene rings is 1. The molecule has 1 fully saturated rings. The lowest BCUT2D eigenvalue weighted by Crippen LogP contribution is -2.41. The maximum absolute atomic E-state index is 12.2. The number of urea groups is 1. The van der Waals surface area contributed by atoms with Crippen LogP contribution in [0.3, 0.4) is 0 Å². The minimum absolute atomic E-state index is 0.139. The summed E-state index contributed by atoms with van der Waals surface area (Å²) in [7, 11) is 0. The Morgan fingerprint density at radius 1 is 1.45 bits per heavy atom. The summed E-state index contributed by atoms with van der Waals surface area (Å²) < 4.78 is 0.566. The van der Waals surface area contributed by atoms with Crippen molar-refractivity contribution in [2.24, 2.45) is 5.92 Å². The minimum Gasteiger partial charge on any atom is -0.478 e. The van der Waals surface area contributed by atoms with Gasteiger partial charge in [0.05, 0.1) is 11.3 Å². The van der Waals surface area contributed by atoms with Gasteiger partial charge < -0.3 is 15.3 Å². The molecule has 6 heteroatoms. The van der Waals surface area contributed by atoms with Crippen molar-refractivity contribution in [3.05, 3.63) is 28.2 Å². The number of halogens is 1. The number of carbonyl (C=O) groups is 2. The molecule has 1 aliphatic rings. The molecule has 5 nitrogen and oxygen atoms in total. The van der Waals surface area contributed by atoms with Crippen molar-refractivity contribution in [3.63, 3.8) is 0 Å². The molecule has 0 aromatic heterocycles. The molecule has 0 bridgehead atoms. The Bertz CT molecular complexity index is 533. The fourth-order valence-electron chi connectivity index (χ4n) is 2.32. The van der Waals surface area contributed by atoms with Crippen LogP contribution >= 0.6 is 15.9 Å². The molecule has 0 radical (unpaired) electrons. The Morgan fingerprint density at radius 2 is 2.20 bits per heavy atom. The molecule has 1 saturated heterocycles. The summed E-state index contributed by atoms with van der Waals surface area (Å²) in [6, 6.07) is 4.41. The number of aromatic carboxylic acids is 1. The Labute approximate surface area is 126 Å². The van der Waals surface area contributed by atoms with Gasteiger partial charge in [0.15, 0.2) is 0 Å². The lowest BCUT2D eigenvalue weighted by atomic mass is 10.0. The van der Waals surface area contributed by atoms with Crippen molar-refractivity contribution in [2.45, 2.75) is 19.8 Å². The third kappa shape index (κ3) is 3.50. The molecule has 1 aromatic rings. The SMILES string of the molecule is CC1CCCN(C(=O)Nc2ccc(C(=O)O)cc2Br)C1. The molecule has 1 atom stereocenters. The van der Waals surface area contributed by atoms with E-state index in [1.807, 2.05) is 0 Å². The van der Waals surface area contributed by atoms with Gasteiger partial charge in [-0.1, -0.05) is 6.92 Å². The number of hydrogen-bond donors (Lipinski definition) is 2. The maximum Gasteiger partial charge on any atom is 0.335 e. The number of hydrogen-bond acceptors (Lipinski definition) is 2. The summed E-state index contributed by atoms with van der Waals surface area (Å²) in [6.45, 7) is 3.66. The van der Waals surface area contributed by atoms with E-state index in [0.29, 0.717) is 16.1 Å². The molecule has 1 unspecified atom stereocenters.